The van der Waals surface area contributed by atoms with Crippen LogP contribution >= 0.6 is 0 Å². The van der Waals surface area contributed by atoms with Gasteiger partial charge in [-0.05, 0) is 30.3 Å². The maximum Gasteiger partial charge on any atom is 0.255 e. The molecule has 1 amide bonds. The number of ether oxygens (including phenoxy) is 2. The van der Waals surface area contributed by atoms with Gasteiger partial charge in [0.1, 0.15) is 11.0 Å². The number of carbonyl (C=O) groups is 1. The van der Waals surface area contributed by atoms with Crippen molar-refractivity contribution in [1.82, 2.24) is 15.4 Å². The zero-order valence-electron chi connectivity index (χ0n) is 12.1. The first kappa shape index (κ1) is 13.9. The first-order chi connectivity index (χ1) is 10.7. The molecule has 7 heteroatoms. The number of amides is 1. The predicted octanol–water partition coefficient (Wildman–Crippen LogP) is 2.23. The SMILES string of the molecule is COc1ccc(NC(=O)c2ccc3n[nH]nc3c2)cc1OC. The Morgan fingerprint density at radius 1 is 1.00 bits per heavy atom. The zero-order valence-corrected chi connectivity index (χ0v) is 12.1. The van der Waals surface area contributed by atoms with Gasteiger partial charge in [0, 0.05) is 17.3 Å². The molecular weight excluding hydrogens is 284 g/mol. The highest BCUT2D eigenvalue weighted by Gasteiger charge is 2.10. The molecule has 0 aliphatic rings. The molecule has 1 heterocycles. The predicted molar refractivity (Wildman–Crippen MR) is 81.4 cm³/mol. The summed E-state index contributed by atoms with van der Waals surface area (Å²) in [5.41, 5.74) is 2.46. The average molecular weight is 298 g/mol. The fraction of sp³-hybridized carbons (Fsp3) is 0.133. The van der Waals surface area contributed by atoms with Crippen LogP contribution < -0.4 is 14.8 Å². The van der Waals surface area contributed by atoms with Gasteiger partial charge in [-0.1, -0.05) is 0 Å². The summed E-state index contributed by atoms with van der Waals surface area (Å²) in [4.78, 5) is 12.3. The third kappa shape index (κ3) is 2.56. The molecule has 7 nitrogen and oxygen atoms in total. The molecule has 0 bridgehead atoms. The molecule has 0 saturated heterocycles. The van der Waals surface area contributed by atoms with Gasteiger partial charge in [-0.25, -0.2) is 0 Å². The van der Waals surface area contributed by atoms with Crippen LogP contribution in [-0.4, -0.2) is 35.5 Å². The lowest BCUT2D eigenvalue weighted by molar-refractivity contribution is 0.102. The largest absolute Gasteiger partial charge is 0.493 e. The molecule has 0 aliphatic carbocycles. The number of aromatic nitrogens is 3. The Balaban J connectivity index is 1.84. The van der Waals surface area contributed by atoms with Gasteiger partial charge in [0.05, 0.1) is 14.2 Å². The minimum atomic E-state index is -0.239. The number of aromatic amines is 1. The zero-order chi connectivity index (χ0) is 15.5. The van der Waals surface area contributed by atoms with Crippen LogP contribution in [0.15, 0.2) is 36.4 Å². The highest BCUT2D eigenvalue weighted by molar-refractivity contribution is 6.06. The molecule has 0 aliphatic heterocycles. The van der Waals surface area contributed by atoms with Crippen LogP contribution in [0.3, 0.4) is 0 Å². The van der Waals surface area contributed by atoms with E-state index in [9.17, 15) is 4.79 Å². The lowest BCUT2D eigenvalue weighted by Gasteiger charge is -2.10. The van der Waals surface area contributed by atoms with Crippen molar-refractivity contribution in [3.63, 3.8) is 0 Å². The first-order valence-electron chi connectivity index (χ1n) is 6.55. The second-order valence-corrected chi connectivity index (χ2v) is 4.55. The molecule has 22 heavy (non-hydrogen) atoms. The third-order valence-electron chi connectivity index (χ3n) is 3.22. The summed E-state index contributed by atoms with van der Waals surface area (Å²) in [5, 5.41) is 13.2. The normalized spacial score (nSPS) is 10.5. The molecule has 0 fully saturated rings. The monoisotopic (exact) mass is 298 g/mol. The van der Waals surface area contributed by atoms with Gasteiger partial charge in [-0.3, -0.25) is 4.79 Å². The maximum absolute atomic E-state index is 12.3. The van der Waals surface area contributed by atoms with Gasteiger partial charge < -0.3 is 14.8 Å². The van der Waals surface area contributed by atoms with E-state index >= 15 is 0 Å². The number of hydrogen-bond donors (Lipinski definition) is 2. The topological polar surface area (TPSA) is 89.1 Å². The van der Waals surface area contributed by atoms with Crippen LogP contribution in [0, 0.1) is 0 Å². The fourth-order valence-electron chi connectivity index (χ4n) is 2.10. The van der Waals surface area contributed by atoms with Crippen molar-refractivity contribution in [2.45, 2.75) is 0 Å². The van der Waals surface area contributed by atoms with Crippen LogP contribution in [-0.2, 0) is 0 Å². The molecule has 2 N–H and O–H groups in total. The van der Waals surface area contributed by atoms with Crippen molar-refractivity contribution in [3.05, 3.63) is 42.0 Å². The minimum absolute atomic E-state index is 0.239. The molecule has 1 aromatic heterocycles. The molecule has 0 spiro atoms. The Kier molecular flexibility index (Phi) is 3.61. The van der Waals surface area contributed by atoms with Gasteiger partial charge in [0.25, 0.3) is 5.91 Å². The van der Waals surface area contributed by atoms with Gasteiger partial charge in [-0.2, -0.15) is 15.4 Å². The van der Waals surface area contributed by atoms with Crippen molar-refractivity contribution >= 4 is 22.6 Å². The summed E-state index contributed by atoms with van der Waals surface area (Å²) < 4.78 is 10.4. The Labute approximate surface area is 126 Å². The second kappa shape index (κ2) is 5.72. The number of methoxy groups -OCH3 is 2. The van der Waals surface area contributed by atoms with Crippen molar-refractivity contribution in [2.24, 2.45) is 0 Å². The van der Waals surface area contributed by atoms with E-state index in [0.717, 1.165) is 0 Å². The fourth-order valence-corrected chi connectivity index (χ4v) is 2.10. The van der Waals surface area contributed by atoms with Gasteiger partial charge in [-0.15, -0.1) is 0 Å². The number of fused-ring (bicyclic) bond motifs is 1. The summed E-state index contributed by atoms with van der Waals surface area (Å²) in [6.07, 6.45) is 0. The van der Waals surface area contributed by atoms with E-state index in [0.29, 0.717) is 33.8 Å². The van der Waals surface area contributed by atoms with Crippen LogP contribution in [0.1, 0.15) is 10.4 Å². The minimum Gasteiger partial charge on any atom is -0.493 e. The van der Waals surface area contributed by atoms with Gasteiger partial charge in [0.2, 0.25) is 0 Å². The molecule has 0 saturated carbocycles. The van der Waals surface area contributed by atoms with Gasteiger partial charge >= 0.3 is 0 Å². The Morgan fingerprint density at radius 2 is 1.77 bits per heavy atom. The number of nitrogens with zero attached hydrogens (tertiary/aromatic N) is 2. The van der Waals surface area contributed by atoms with Crippen molar-refractivity contribution in [2.75, 3.05) is 19.5 Å². The van der Waals surface area contributed by atoms with Crippen molar-refractivity contribution < 1.29 is 14.3 Å². The molecular formula is C15H14N4O3. The second-order valence-electron chi connectivity index (χ2n) is 4.55. The Hall–Kier alpha value is -3.09. The molecule has 3 aromatic rings. The third-order valence-corrected chi connectivity index (χ3v) is 3.22. The molecule has 2 aromatic carbocycles. The van der Waals surface area contributed by atoms with E-state index in [4.69, 9.17) is 9.47 Å². The summed E-state index contributed by atoms with van der Waals surface area (Å²) in [5.74, 6) is 0.911. The lowest BCUT2D eigenvalue weighted by atomic mass is 10.2. The first-order valence-corrected chi connectivity index (χ1v) is 6.55. The molecule has 0 radical (unpaired) electrons. The summed E-state index contributed by atoms with van der Waals surface area (Å²) in [6.45, 7) is 0. The standard InChI is InChI=1S/C15H14N4O3/c1-21-13-6-4-10(8-14(13)22-2)16-15(20)9-3-5-11-12(7-9)18-19-17-11/h3-8H,1-2H3,(H,16,20)(H,17,18,19). The van der Waals surface area contributed by atoms with E-state index in [2.05, 4.69) is 20.7 Å². The quantitative estimate of drug-likeness (QED) is 0.771. The number of H-pyrrole nitrogens is 1. The number of benzene rings is 2. The van der Waals surface area contributed by atoms with Crippen LogP contribution in [0.5, 0.6) is 11.5 Å². The van der Waals surface area contributed by atoms with E-state index in [1.54, 1.807) is 50.6 Å². The molecule has 3 rings (SSSR count). The van der Waals surface area contributed by atoms with E-state index in [1.165, 1.54) is 0 Å². The maximum atomic E-state index is 12.3. The highest BCUT2D eigenvalue weighted by Crippen LogP contribution is 2.29. The van der Waals surface area contributed by atoms with Crippen molar-refractivity contribution in [1.29, 1.82) is 0 Å². The van der Waals surface area contributed by atoms with E-state index in [-0.39, 0.29) is 5.91 Å². The summed E-state index contributed by atoms with van der Waals surface area (Å²) >= 11 is 0. The van der Waals surface area contributed by atoms with E-state index in [1.807, 2.05) is 0 Å². The van der Waals surface area contributed by atoms with E-state index < -0.39 is 0 Å². The number of anilines is 1. The van der Waals surface area contributed by atoms with Crippen molar-refractivity contribution in [3.8, 4) is 11.5 Å². The number of hydrogen-bond acceptors (Lipinski definition) is 5. The average Bonchev–Trinajstić information content (AvgIpc) is 3.02. The van der Waals surface area contributed by atoms with Crippen LogP contribution in [0.4, 0.5) is 5.69 Å². The molecule has 112 valence electrons. The summed E-state index contributed by atoms with van der Waals surface area (Å²) in [6, 6.07) is 10.3. The Morgan fingerprint density at radius 3 is 2.55 bits per heavy atom. The number of carbonyl (C=O) groups excluding carboxylic acids is 1. The smallest absolute Gasteiger partial charge is 0.255 e. The summed E-state index contributed by atoms with van der Waals surface area (Å²) in [7, 11) is 3.10. The van der Waals surface area contributed by atoms with Gasteiger partial charge in [0.15, 0.2) is 11.5 Å². The molecule has 0 unspecified atom stereocenters. The van der Waals surface area contributed by atoms with Crippen LogP contribution in [0.25, 0.3) is 11.0 Å². The number of rotatable bonds is 4. The van der Waals surface area contributed by atoms with Crippen LogP contribution in [0.2, 0.25) is 0 Å². The number of nitrogens with one attached hydrogen (secondary N) is 2. The highest BCUT2D eigenvalue weighted by atomic mass is 16.5. The lowest BCUT2D eigenvalue weighted by Crippen LogP contribution is -2.11. The Bertz CT molecular complexity index is 829. The molecule has 0 atom stereocenters.